The highest BCUT2D eigenvalue weighted by atomic mass is 32.2. The fraction of sp³-hybridized carbons (Fsp3) is 1.00. The van der Waals surface area contributed by atoms with Crippen LogP contribution in [0.4, 0.5) is 0 Å². The highest BCUT2D eigenvalue weighted by Crippen LogP contribution is 2.19. The van der Waals surface area contributed by atoms with E-state index in [1.54, 1.807) is 0 Å². The predicted octanol–water partition coefficient (Wildman–Crippen LogP) is 4.00. The molecule has 0 aromatic carbocycles. The Balaban J connectivity index is 2.76. The minimum Gasteiger partial charge on any atom is -0.168 e. The molecule has 0 rings (SSSR count). The van der Waals surface area contributed by atoms with Gasteiger partial charge in [0.2, 0.25) is 0 Å². The van der Waals surface area contributed by atoms with Gasteiger partial charge in [0, 0.05) is 20.3 Å². The van der Waals surface area contributed by atoms with Crippen LogP contribution in [0.2, 0.25) is 0 Å². The Morgan fingerprint density at radius 2 is 1.31 bits per heavy atom. The lowest BCUT2D eigenvalue weighted by Gasteiger charge is -2.00. The second-order valence-electron chi connectivity index (χ2n) is 2.07. The van der Waals surface area contributed by atoms with Crippen molar-refractivity contribution in [2.24, 2.45) is 0 Å². The normalized spacial score (nSPS) is 10.6. The van der Waals surface area contributed by atoms with E-state index in [2.05, 4.69) is 25.3 Å². The summed E-state index contributed by atoms with van der Waals surface area (Å²) in [7, 11) is 0. The Labute approximate surface area is 110 Å². The summed E-state index contributed by atoms with van der Waals surface area (Å²) in [5.41, 5.74) is 0. The van der Waals surface area contributed by atoms with Crippen LogP contribution in [-0.4, -0.2) is 31.8 Å². The average molecular weight is 293 g/mol. The van der Waals surface area contributed by atoms with Crippen LogP contribution in [0.3, 0.4) is 0 Å². The van der Waals surface area contributed by atoms with E-state index in [0.717, 1.165) is 10.2 Å². The fourth-order valence-electron chi connectivity index (χ4n) is 0.576. The Hall–Kier alpha value is 2.10. The lowest BCUT2D eigenvalue weighted by Crippen LogP contribution is -1.84. The highest BCUT2D eigenvalue weighted by molar-refractivity contribution is 8.24. The van der Waals surface area contributed by atoms with Crippen molar-refractivity contribution >= 4 is 72.3 Å². The molecule has 0 atom stereocenters. The molecule has 0 unspecified atom stereocenters. The lowest BCUT2D eigenvalue weighted by atomic mass is 10.6. The summed E-state index contributed by atoms with van der Waals surface area (Å²) in [6.45, 7) is 0. The van der Waals surface area contributed by atoms with Crippen LogP contribution in [-0.2, 0) is 0 Å². The number of hydrogen-bond acceptors (Lipinski definition) is 6. The monoisotopic (exact) mass is 292 g/mol. The molecule has 0 aliphatic carbocycles. The molecule has 80 valence electrons. The first-order chi connectivity index (χ1) is 6.41. The van der Waals surface area contributed by atoms with E-state index < -0.39 is 0 Å². The molecule has 0 saturated heterocycles. The van der Waals surface area contributed by atoms with Crippen molar-refractivity contribution in [3.05, 3.63) is 0 Å². The van der Waals surface area contributed by atoms with E-state index in [0.29, 0.717) is 0 Å². The number of hydrogen-bond donors (Lipinski definition) is 2. The number of rotatable bonds is 10. The molecule has 0 nitrogen and oxygen atoms in total. The van der Waals surface area contributed by atoms with Crippen LogP contribution in [0.25, 0.3) is 0 Å². The van der Waals surface area contributed by atoms with Crippen molar-refractivity contribution in [3.8, 4) is 0 Å². The molecular formula is C7H16S6. The van der Waals surface area contributed by atoms with Gasteiger partial charge in [-0.25, -0.2) is 0 Å². The largest absolute Gasteiger partial charge is 0.168 e. The van der Waals surface area contributed by atoms with Crippen LogP contribution in [0, 0.1) is 0 Å². The van der Waals surface area contributed by atoms with Crippen molar-refractivity contribution < 1.29 is 0 Å². The maximum Gasteiger partial charge on any atom is 0.0408 e. The third-order valence-electron chi connectivity index (χ3n) is 1.09. The number of thiol groups is 2. The first kappa shape index (κ1) is 15.1. The van der Waals surface area contributed by atoms with E-state index in [1.807, 2.05) is 47.0 Å². The smallest absolute Gasteiger partial charge is 0.0408 e. The zero-order valence-electron chi connectivity index (χ0n) is 7.48. The van der Waals surface area contributed by atoms with Gasteiger partial charge in [0.1, 0.15) is 0 Å². The van der Waals surface area contributed by atoms with E-state index in [4.69, 9.17) is 0 Å². The summed E-state index contributed by atoms with van der Waals surface area (Å²) < 4.78 is 0. The maximum atomic E-state index is 4.14. The van der Waals surface area contributed by atoms with Gasteiger partial charge in [-0.2, -0.15) is 48.8 Å². The molecule has 6 heteroatoms. The van der Waals surface area contributed by atoms with Crippen LogP contribution < -0.4 is 0 Å². The Morgan fingerprint density at radius 1 is 0.692 bits per heavy atom. The number of thioether (sulfide) groups is 4. The molecule has 0 fully saturated rings. The molecule has 0 N–H and O–H groups in total. The average Bonchev–Trinajstić information content (AvgIpc) is 2.16. The van der Waals surface area contributed by atoms with Gasteiger partial charge in [0.05, 0.1) is 0 Å². The molecule has 0 spiro atoms. The van der Waals surface area contributed by atoms with Gasteiger partial charge in [-0.3, -0.25) is 0 Å². The minimum atomic E-state index is 0.941. The summed E-state index contributed by atoms with van der Waals surface area (Å²) in [4.78, 5) is 0. The Kier molecular flexibility index (Phi) is 16.4. The summed E-state index contributed by atoms with van der Waals surface area (Å²) in [5.74, 6) is 2.55. The van der Waals surface area contributed by atoms with Crippen molar-refractivity contribution in [1.29, 1.82) is 0 Å². The summed E-state index contributed by atoms with van der Waals surface area (Å²) in [6.07, 6.45) is 1.32. The maximum absolute atomic E-state index is 4.14. The van der Waals surface area contributed by atoms with Gasteiger partial charge in [-0.15, -0.1) is 23.5 Å². The van der Waals surface area contributed by atoms with Gasteiger partial charge in [0.15, 0.2) is 0 Å². The summed E-state index contributed by atoms with van der Waals surface area (Å²) in [6, 6.07) is 0. The van der Waals surface area contributed by atoms with Gasteiger partial charge < -0.3 is 0 Å². The van der Waals surface area contributed by atoms with Crippen LogP contribution >= 0.6 is 72.3 Å². The van der Waals surface area contributed by atoms with E-state index in [-0.39, 0.29) is 0 Å². The van der Waals surface area contributed by atoms with E-state index in [1.165, 1.54) is 28.1 Å². The lowest BCUT2D eigenvalue weighted by molar-refractivity contribution is 1.13. The first-order valence-corrected chi connectivity index (χ1v) is 9.83. The molecule has 0 aromatic rings. The summed E-state index contributed by atoms with van der Waals surface area (Å²) >= 11 is 16.1. The third kappa shape index (κ3) is 14.1. The quantitative estimate of drug-likeness (QED) is 0.355. The molecule has 0 aromatic heterocycles. The zero-order chi connectivity index (χ0) is 9.78. The fourth-order valence-corrected chi connectivity index (χ4v) is 5.24. The molecular weight excluding hydrogens is 276 g/mol. The van der Waals surface area contributed by atoms with Gasteiger partial charge in [-0.1, -0.05) is 0 Å². The zero-order valence-corrected chi connectivity index (χ0v) is 12.5. The van der Waals surface area contributed by atoms with E-state index in [9.17, 15) is 0 Å². The van der Waals surface area contributed by atoms with Crippen molar-refractivity contribution in [2.45, 2.75) is 6.42 Å². The van der Waals surface area contributed by atoms with Crippen LogP contribution in [0.1, 0.15) is 6.42 Å². The minimum absolute atomic E-state index is 0.941. The predicted molar refractivity (Wildman–Crippen MR) is 82.2 cm³/mol. The van der Waals surface area contributed by atoms with Crippen molar-refractivity contribution in [2.75, 3.05) is 31.8 Å². The van der Waals surface area contributed by atoms with Crippen LogP contribution in [0.5, 0.6) is 0 Å². The van der Waals surface area contributed by atoms with Gasteiger partial charge in [0.25, 0.3) is 0 Å². The second kappa shape index (κ2) is 14.1. The summed E-state index contributed by atoms with van der Waals surface area (Å²) in [5, 5.41) is 4.31. The third-order valence-corrected chi connectivity index (χ3v) is 6.38. The SMILES string of the molecule is SCSCCCSCSCSCS. The molecule has 0 heterocycles. The Morgan fingerprint density at radius 3 is 2.00 bits per heavy atom. The molecule has 13 heavy (non-hydrogen) atoms. The Bertz CT molecular complexity index is 79.1. The highest BCUT2D eigenvalue weighted by Gasteiger charge is 1.91. The molecule has 0 bridgehead atoms. The van der Waals surface area contributed by atoms with E-state index >= 15 is 0 Å². The topological polar surface area (TPSA) is 0 Å². The molecule has 0 amide bonds. The van der Waals surface area contributed by atoms with Crippen LogP contribution in [0.15, 0.2) is 0 Å². The first-order valence-electron chi connectivity index (χ1n) is 3.94. The molecule has 0 radical (unpaired) electrons. The van der Waals surface area contributed by atoms with Gasteiger partial charge in [-0.05, 0) is 17.9 Å². The van der Waals surface area contributed by atoms with Crippen molar-refractivity contribution in [1.82, 2.24) is 0 Å². The van der Waals surface area contributed by atoms with Gasteiger partial charge >= 0.3 is 0 Å². The molecule has 0 aliphatic rings. The van der Waals surface area contributed by atoms with Crippen molar-refractivity contribution in [3.63, 3.8) is 0 Å². The standard InChI is InChI=1S/C7H16S6/c8-4-10-2-1-3-11-6-13-7-12-5-9/h8-9H,1-7H2. The molecule has 0 aliphatic heterocycles. The second-order valence-corrected chi connectivity index (χ2v) is 8.47. The molecule has 0 saturated carbocycles.